The zero-order valence-electron chi connectivity index (χ0n) is 16.7. The number of carbonyl (C=O) groups is 1. The minimum Gasteiger partial charge on any atom is -0.485 e. The molecule has 2 aromatic carbocycles. The van der Waals surface area contributed by atoms with Crippen molar-refractivity contribution in [2.75, 3.05) is 0 Å². The summed E-state index contributed by atoms with van der Waals surface area (Å²) in [5, 5.41) is 11.9. The van der Waals surface area contributed by atoms with Crippen LogP contribution in [0.4, 0.5) is 0 Å². The molecular formula is C24H19N5O2. The molecule has 1 spiro atoms. The number of hydrogen-bond acceptors (Lipinski definition) is 6. The topological polar surface area (TPSA) is 113 Å². The van der Waals surface area contributed by atoms with Crippen molar-refractivity contribution in [2.24, 2.45) is 16.6 Å². The first-order valence-corrected chi connectivity index (χ1v) is 9.91. The van der Waals surface area contributed by atoms with Crippen molar-refractivity contribution >= 4 is 11.9 Å². The minimum absolute atomic E-state index is 0.0926. The van der Waals surface area contributed by atoms with E-state index < -0.39 is 5.54 Å². The second kappa shape index (κ2) is 6.96. The summed E-state index contributed by atoms with van der Waals surface area (Å²) < 4.78 is 6.38. The molecule has 3 N–H and O–H groups in total. The van der Waals surface area contributed by atoms with Gasteiger partial charge in [-0.2, -0.15) is 5.26 Å². The van der Waals surface area contributed by atoms with Crippen LogP contribution in [0.3, 0.4) is 0 Å². The molecule has 2 aliphatic heterocycles. The minimum atomic E-state index is -1.21. The predicted octanol–water partition coefficient (Wildman–Crippen LogP) is 3.03. The Labute approximate surface area is 179 Å². The van der Waals surface area contributed by atoms with E-state index in [0.717, 1.165) is 16.7 Å². The van der Waals surface area contributed by atoms with Crippen LogP contribution < -0.4 is 15.8 Å². The van der Waals surface area contributed by atoms with Crippen LogP contribution >= 0.6 is 0 Å². The highest BCUT2D eigenvalue weighted by Gasteiger charge is 2.56. The van der Waals surface area contributed by atoms with E-state index in [1.54, 1.807) is 12.3 Å². The van der Waals surface area contributed by atoms with Gasteiger partial charge in [0, 0.05) is 29.4 Å². The molecule has 1 amide bonds. The third-order valence-electron chi connectivity index (χ3n) is 5.97. The van der Waals surface area contributed by atoms with Crippen LogP contribution in [0.2, 0.25) is 0 Å². The van der Waals surface area contributed by atoms with E-state index in [1.165, 1.54) is 6.20 Å². The van der Waals surface area contributed by atoms with Gasteiger partial charge in [-0.3, -0.25) is 15.1 Å². The van der Waals surface area contributed by atoms with Gasteiger partial charge >= 0.3 is 0 Å². The number of rotatable bonds is 2. The number of aromatic nitrogens is 1. The Hall–Kier alpha value is -4.18. The molecule has 3 heterocycles. The molecule has 7 heteroatoms. The number of nitriles is 1. The highest BCUT2D eigenvalue weighted by molar-refractivity contribution is 6.08. The number of nitrogens with two attached hydrogens (primary N) is 1. The number of ether oxygens (including phenoxy) is 1. The summed E-state index contributed by atoms with van der Waals surface area (Å²) in [4.78, 5) is 22.0. The van der Waals surface area contributed by atoms with E-state index >= 15 is 0 Å². The summed E-state index contributed by atoms with van der Waals surface area (Å²) in [7, 11) is 0. The zero-order chi connectivity index (χ0) is 21.6. The summed E-state index contributed by atoms with van der Waals surface area (Å²) in [6.45, 7) is 1.95. The molecule has 0 saturated carbocycles. The monoisotopic (exact) mass is 409 g/mol. The van der Waals surface area contributed by atoms with Gasteiger partial charge in [-0.05, 0) is 29.3 Å². The van der Waals surface area contributed by atoms with Gasteiger partial charge in [-0.1, -0.05) is 43.3 Å². The molecule has 1 unspecified atom stereocenters. The average molecular weight is 409 g/mol. The maximum Gasteiger partial charge on any atom is 0.259 e. The number of pyridine rings is 1. The molecule has 2 aliphatic rings. The Bertz CT molecular complexity index is 1260. The lowest BCUT2D eigenvalue weighted by molar-refractivity contribution is -0.128. The molecule has 3 atom stereocenters. The summed E-state index contributed by atoms with van der Waals surface area (Å²) in [5.74, 6) is 0.0788. The Morgan fingerprint density at radius 2 is 1.94 bits per heavy atom. The lowest BCUT2D eigenvalue weighted by atomic mass is 9.72. The van der Waals surface area contributed by atoms with Crippen LogP contribution in [-0.2, 0) is 10.3 Å². The molecule has 1 aromatic heterocycles. The molecule has 31 heavy (non-hydrogen) atoms. The Morgan fingerprint density at radius 3 is 2.65 bits per heavy atom. The lowest BCUT2D eigenvalue weighted by Gasteiger charge is -2.42. The zero-order valence-corrected chi connectivity index (χ0v) is 16.7. The SMILES string of the molecule is CC1[C@H](c2ccccc2)Oc2ccc(-c3cncc(C#N)c3)cc2[C@]12N=C(N)NC2=O. The summed E-state index contributed by atoms with van der Waals surface area (Å²) in [5.41, 5.74) is 8.38. The maximum absolute atomic E-state index is 13.2. The Morgan fingerprint density at radius 1 is 1.13 bits per heavy atom. The fourth-order valence-corrected chi connectivity index (χ4v) is 4.44. The molecule has 0 radical (unpaired) electrons. The third kappa shape index (κ3) is 2.84. The summed E-state index contributed by atoms with van der Waals surface area (Å²) >= 11 is 0. The molecule has 0 aliphatic carbocycles. The Balaban J connectivity index is 1.70. The predicted molar refractivity (Wildman–Crippen MR) is 115 cm³/mol. The van der Waals surface area contributed by atoms with Gasteiger partial charge in [0.15, 0.2) is 11.5 Å². The number of fused-ring (bicyclic) bond motifs is 2. The van der Waals surface area contributed by atoms with E-state index in [1.807, 2.05) is 55.5 Å². The number of amides is 1. The lowest BCUT2D eigenvalue weighted by Crippen LogP contribution is -2.48. The van der Waals surface area contributed by atoms with Crippen LogP contribution in [0.25, 0.3) is 11.1 Å². The van der Waals surface area contributed by atoms with E-state index in [4.69, 9.17) is 10.5 Å². The number of carbonyl (C=O) groups excluding carboxylic acids is 1. The first-order valence-electron chi connectivity index (χ1n) is 9.91. The first kappa shape index (κ1) is 18.8. The molecule has 0 fully saturated rings. The summed E-state index contributed by atoms with van der Waals surface area (Å²) in [6, 6.07) is 19.3. The average Bonchev–Trinajstić information content (AvgIpc) is 3.11. The molecule has 0 bridgehead atoms. The number of guanidine groups is 1. The van der Waals surface area contributed by atoms with Crippen molar-refractivity contribution in [3.63, 3.8) is 0 Å². The van der Waals surface area contributed by atoms with Gasteiger partial charge in [-0.15, -0.1) is 0 Å². The molecule has 7 nitrogen and oxygen atoms in total. The van der Waals surface area contributed by atoms with Crippen molar-refractivity contribution in [1.82, 2.24) is 10.3 Å². The molecular weight excluding hydrogens is 390 g/mol. The van der Waals surface area contributed by atoms with E-state index in [2.05, 4.69) is 21.4 Å². The van der Waals surface area contributed by atoms with Gasteiger partial charge < -0.3 is 10.5 Å². The smallest absolute Gasteiger partial charge is 0.259 e. The molecule has 5 rings (SSSR count). The third-order valence-corrected chi connectivity index (χ3v) is 5.97. The Kier molecular flexibility index (Phi) is 4.22. The van der Waals surface area contributed by atoms with Gasteiger partial charge in [0.05, 0.1) is 5.56 Å². The second-order valence-electron chi connectivity index (χ2n) is 7.74. The van der Waals surface area contributed by atoms with Crippen molar-refractivity contribution < 1.29 is 9.53 Å². The van der Waals surface area contributed by atoms with E-state index in [0.29, 0.717) is 16.9 Å². The van der Waals surface area contributed by atoms with Gasteiger partial charge in [0.2, 0.25) is 0 Å². The number of hydrogen-bond donors (Lipinski definition) is 2. The maximum atomic E-state index is 13.2. The highest BCUT2D eigenvalue weighted by Crippen LogP contribution is 2.52. The number of aliphatic imine (C=N–C) groups is 1. The van der Waals surface area contributed by atoms with Gasteiger partial charge in [0.1, 0.15) is 17.9 Å². The fourth-order valence-electron chi connectivity index (χ4n) is 4.44. The van der Waals surface area contributed by atoms with Crippen LogP contribution in [-0.4, -0.2) is 16.9 Å². The van der Waals surface area contributed by atoms with E-state index in [9.17, 15) is 10.1 Å². The van der Waals surface area contributed by atoms with Crippen molar-refractivity contribution in [2.45, 2.75) is 18.6 Å². The number of nitrogens with one attached hydrogen (secondary N) is 1. The molecule has 3 aromatic rings. The molecule has 0 saturated heterocycles. The highest BCUT2D eigenvalue weighted by atomic mass is 16.5. The largest absolute Gasteiger partial charge is 0.485 e. The standard InChI is InChI=1S/C24H19N5O2/c1-14-21(16-5-3-2-4-6-16)31-20-8-7-17(18-9-15(11-25)12-27-13-18)10-19(20)24(14)22(30)28-23(26)29-24/h2-10,12-14,21H,1H3,(H3,26,28,29,30)/t14?,21-,24-/m1/s1. The first-order chi connectivity index (χ1) is 15.0. The van der Waals surface area contributed by atoms with Crippen LogP contribution in [0.15, 0.2) is 72.0 Å². The molecule has 152 valence electrons. The van der Waals surface area contributed by atoms with E-state index in [-0.39, 0.29) is 23.9 Å². The van der Waals surface area contributed by atoms with Gasteiger partial charge in [0.25, 0.3) is 5.91 Å². The normalized spacial score (nSPS) is 24.0. The fraction of sp³-hybridized carbons (Fsp3) is 0.167. The number of benzene rings is 2. The van der Waals surface area contributed by atoms with Crippen LogP contribution in [0, 0.1) is 17.2 Å². The van der Waals surface area contributed by atoms with Crippen LogP contribution in [0.1, 0.15) is 29.7 Å². The number of nitrogens with zero attached hydrogens (tertiary/aromatic N) is 3. The van der Waals surface area contributed by atoms with Gasteiger partial charge in [-0.25, -0.2) is 4.99 Å². The summed E-state index contributed by atoms with van der Waals surface area (Å²) in [6.07, 6.45) is 2.82. The quantitative estimate of drug-likeness (QED) is 0.675. The van der Waals surface area contributed by atoms with Crippen molar-refractivity contribution in [3.8, 4) is 22.9 Å². The second-order valence-corrected chi connectivity index (χ2v) is 7.74. The van der Waals surface area contributed by atoms with Crippen LogP contribution in [0.5, 0.6) is 5.75 Å². The van der Waals surface area contributed by atoms with Crippen molar-refractivity contribution in [3.05, 3.63) is 83.7 Å². The van der Waals surface area contributed by atoms with Crippen molar-refractivity contribution in [1.29, 1.82) is 5.26 Å².